The fourth-order valence-electron chi connectivity index (χ4n) is 2.89. The van der Waals surface area contributed by atoms with Crippen molar-refractivity contribution in [1.29, 1.82) is 0 Å². The predicted molar refractivity (Wildman–Crippen MR) is 93.1 cm³/mol. The third-order valence-electron chi connectivity index (χ3n) is 4.35. The number of nitrogens with zero attached hydrogens (tertiary/aromatic N) is 1. The lowest BCUT2D eigenvalue weighted by molar-refractivity contribution is -0.132. The van der Waals surface area contributed by atoms with Crippen molar-refractivity contribution in [2.45, 2.75) is 31.7 Å². The Hall–Kier alpha value is -2.20. The Kier molecular flexibility index (Phi) is 6.50. The number of carbonyl (C=O) groups is 1. The van der Waals surface area contributed by atoms with E-state index >= 15 is 0 Å². The predicted octanol–water partition coefficient (Wildman–Crippen LogP) is 3.90. The van der Waals surface area contributed by atoms with Crippen LogP contribution in [0.4, 0.5) is 4.39 Å². The minimum absolute atomic E-state index is 0.0105. The first-order chi connectivity index (χ1) is 11.5. The van der Waals surface area contributed by atoms with Gasteiger partial charge in [-0.1, -0.05) is 49.4 Å². The van der Waals surface area contributed by atoms with Gasteiger partial charge >= 0.3 is 0 Å². The number of aliphatic hydroxyl groups is 1. The fraction of sp³-hybridized carbons (Fsp3) is 0.350. The highest BCUT2D eigenvalue weighted by Crippen LogP contribution is 2.26. The molecule has 0 aliphatic heterocycles. The zero-order valence-corrected chi connectivity index (χ0v) is 14.2. The Morgan fingerprint density at radius 1 is 1.12 bits per heavy atom. The Morgan fingerprint density at radius 2 is 1.79 bits per heavy atom. The summed E-state index contributed by atoms with van der Waals surface area (Å²) in [6.45, 7) is 1.93. The van der Waals surface area contributed by atoms with Crippen LogP contribution < -0.4 is 0 Å². The number of hydrogen-bond acceptors (Lipinski definition) is 2. The van der Waals surface area contributed by atoms with Crippen LogP contribution in [-0.2, 0) is 4.79 Å². The quantitative estimate of drug-likeness (QED) is 0.837. The molecule has 4 heteroatoms. The van der Waals surface area contributed by atoms with E-state index in [4.69, 9.17) is 0 Å². The first-order valence-corrected chi connectivity index (χ1v) is 8.20. The molecule has 0 aromatic heterocycles. The van der Waals surface area contributed by atoms with Crippen LogP contribution in [0.5, 0.6) is 0 Å². The van der Waals surface area contributed by atoms with Gasteiger partial charge in [0.1, 0.15) is 5.82 Å². The second-order valence-corrected chi connectivity index (χ2v) is 6.10. The molecule has 2 unspecified atom stereocenters. The van der Waals surface area contributed by atoms with Gasteiger partial charge in [0.25, 0.3) is 0 Å². The molecular weight excluding hydrogens is 305 g/mol. The molecule has 1 N–H and O–H groups in total. The van der Waals surface area contributed by atoms with Crippen molar-refractivity contribution in [3.05, 3.63) is 71.5 Å². The number of hydrogen-bond donors (Lipinski definition) is 1. The highest BCUT2D eigenvalue weighted by molar-refractivity contribution is 5.77. The van der Waals surface area contributed by atoms with Crippen LogP contribution in [0.15, 0.2) is 54.6 Å². The normalized spacial score (nSPS) is 13.3. The van der Waals surface area contributed by atoms with Crippen LogP contribution >= 0.6 is 0 Å². The van der Waals surface area contributed by atoms with Gasteiger partial charge in [-0.15, -0.1) is 0 Å². The monoisotopic (exact) mass is 329 g/mol. The average molecular weight is 329 g/mol. The Morgan fingerprint density at radius 3 is 2.42 bits per heavy atom. The largest absolute Gasteiger partial charge is 0.396 e. The van der Waals surface area contributed by atoms with E-state index < -0.39 is 0 Å². The van der Waals surface area contributed by atoms with Gasteiger partial charge in [-0.25, -0.2) is 4.39 Å². The Labute approximate surface area is 142 Å². The van der Waals surface area contributed by atoms with E-state index in [9.17, 15) is 14.3 Å². The molecule has 2 rings (SSSR count). The SMILES string of the molecule is CC(CC(=O)N(C)C(CCO)c1ccccc1)c1cccc(F)c1. The number of amides is 1. The highest BCUT2D eigenvalue weighted by Gasteiger charge is 2.23. The standard InChI is InChI=1S/C20H24FNO2/c1-15(17-9-6-10-18(21)14-17)13-20(24)22(2)19(11-12-23)16-7-4-3-5-8-16/h3-10,14-15,19,23H,11-13H2,1-2H3. The fourth-order valence-corrected chi connectivity index (χ4v) is 2.89. The molecule has 1 amide bonds. The molecule has 128 valence electrons. The van der Waals surface area contributed by atoms with Gasteiger partial charge < -0.3 is 10.0 Å². The van der Waals surface area contributed by atoms with E-state index in [0.717, 1.165) is 11.1 Å². The van der Waals surface area contributed by atoms with Gasteiger partial charge in [-0.3, -0.25) is 4.79 Å². The lowest BCUT2D eigenvalue weighted by Gasteiger charge is -2.29. The van der Waals surface area contributed by atoms with Gasteiger partial charge in [0.15, 0.2) is 0 Å². The van der Waals surface area contributed by atoms with E-state index in [2.05, 4.69) is 0 Å². The number of benzene rings is 2. The summed E-state index contributed by atoms with van der Waals surface area (Å²) >= 11 is 0. The van der Waals surface area contributed by atoms with Crippen molar-refractivity contribution >= 4 is 5.91 Å². The maximum atomic E-state index is 13.4. The van der Waals surface area contributed by atoms with Gasteiger partial charge in [0.05, 0.1) is 6.04 Å². The first-order valence-electron chi connectivity index (χ1n) is 8.20. The molecule has 0 aliphatic carbocycles. The summed E-state index contributed by atoms with van der Waals surface area (Å²) in [5.41, 5.74) is 1.82. The molecule has 2 atom stereocenters. The third kappa shape index (κ3) is 4.65. The van der Waals surface area contributed by atoms with E-state index in [1.807, 2.05) is 43.3 Å². The molecule has 0 heterocycles. The lowest BCUT2D eigenvalue weighted by atomic mass is 9.96. The van der Waals surface area contributed by atoms with Crippen LogP contribution in [0.3, 0.4) is 0 Å². The molecule has 0 saturated heterocycles. The molecule has 0 fully saturated rings. The van der Waals surface area contributed by atoms with Crippen molar-refractivity contribution in [2.24, 2.45) is 0 Å². The zero-order valence-electron chi connectivity index (χ0n) is 14.2. The Bertz CT molecular complexity index is 660. The second-order valence-electron chi connectivity index (χ2n) is 6.10. The topological polar surface area (TPSA) is 40.5 Å². The molecule has 0 saturated carbocycles. The molecule has 3 nitrogen and oxygen atoms in total. The van der Waals surface area contributed by atoms with Crippen LogP contribution in [-0.4, -0.2) is 29.6 Å². The van der Waals surface area contributed by atoms with E-state index in [1.54, 1.807) is 18.0 Å². The molecule has 0 bridgehead atoms. The maximum absolute atomic E-state index is 13.4. The average Bonchev–Trinajstić information content (AvgIpc) is 2.59. The molecule has 0 radical (unpaired) electrons. The van der Waals surface area contributed by atoms with Crippen LogP contribution in [0.2, 0.25) is 0 Å². The molecule has 2 aromatic carbocycles. The highest BCUT2D eigenvalue weighted by atomic mass is 19.1. The summed E-state index contributed by atoms with van der Waals surface area (Å²) in [6.07, 6.45) is 0.787. The second kappa shape index (κ2) is 8.60. The number of rotatable bonds is 7. The summed E-state index contributed by atoms with van der Waals surface area (Å²) in [6, 6.07) is 15.9. The molecular formula is C20H24FNO2. The van der Waals surface area contributed by atoms with Crippen molar-refractivity contribution in [2.75, 3.05) is 13.7 Å². The molecule has 24 heavy (non-hydrogen) atoms. The molecule has 0 aliphatic rings. The smallest absolute Gasteiger partial charge is 0.223 e. The third-order valence-corrected chi connectivity index (χ3v) is 4.35. The van der Waals surface area contributed by atoms with Crippen LogP contribution in [0.1, 0.15) is 42.9 Å². The number of halogens is 1. The van der Waals surface area contributed by atoms with Crippen LogP contribution in [0, 0.1) is 5.82 Å². The van der Waals surface area contributed by atoms with Crippen molar-refractivity contribution in [1.82, 2.24) is 4.90 Å². The van der Waals surface area contributed by atoms with Gasteiger partial charge in [0, 0.05) is 20.1 Å². The van der Waals surface area contributed by atoms with E-state index in [-0.39, 0.29) is 30.3 Å². The summed E-state index contributed by atoms with van der Waals surface area (Å²) in [5, 5.41) is 9.34. The van der Waals surface area contributed by atoms with Gasteiger partial charge in [-0.05, 0) is 35.6 Å². The Balaban J connectivity index is 2.09. The number of carbonyl (C=O) groups excluding carboxylic acids is 1. The first kappa shape index (κ1) is 18.1. The van der Waals surface area contributed by atoms with Crippen molar-refractivity contribution in [3.8, 4) is 0 Å². The van der Waals surface area contributed by atoms with E-state index in [0.29, 0.717) is 12.8 Å². The molecule has 0 spiro atoms. The van der Waals surface area contributed by atoms with Crippen LogP contribution in [0.25, 0.3) is 0 Å². The summed E-state index contributed by atoms with van der Waals surface area (Å²) < 4.78 is 13.4. The van der Waals surface area contributed by atoms with Crippen molar-refractivity contribution in [3.63, 3.8) is 0 Å². The molecule has 2 aromatic rings. The minimum Gasteiger partial charge on any atom is -0.396 e. The van der Waals surface area contributed by atoms with E-state index in [1.165, 1.54) is 12.1 Å². The van der Waals surface area contributed by atoms with Crippen molar-refractivity contribution < 1.29 is 14.3 Å². The van der Waals surface area contributed by atoms with Gasteiger partial charge in [0.2, 0.25) is 5.91 Å². The zero-order chi connectivity index (χ0) is 17.5. The summed E-state index contributed by atoms with van der Waals surface area (Å²) in [4.78, 5) is 14.3. The summed E-state index contributed by atoms with van der Waals surface area (Å²) in [7, 11) is 1.76. The maximum Gasteiger partial charge on any atom is 0.223 e. The number of aliphatic hydroxyl groups excluding tert-OH is 1. The summed E-state index contributed by atoms with van der Waals surface area (Å²) in [5.74, 6) is -0.377. The van der Waals surface area contributed by atoms with Gasteiger partial charge in [-0.2, -0.15) is 0 Å². The lowest BCUT2D eigenvalue weighted by Crippen LogP contribution is -2.32. The minimum atomic E-state index is -0.289.